The largest absolute Gasteiger partial charge is 0.382 e. The van der Waals surface area contributed by atoms with Crippen molar-refractivity contribution in [3.05, 3.63) is 35.5 Å². The van der Waals surface area contributed by atoms with Crippen molar-refractivity contribution in [1.29, 1.82) is 0 Å². The number of nitrogens with one attached hydrogen (secondary N) is 1. The molecular weight excluding hydrogens is 358 g/mol. The molecule has 0 radical (unpaired) electrons. The summed E-state index contributed by atoms with van der Waals surface area (Å²) in [4.78, 5) is 6.61. The number of aromatic nitrogens is 1. The highest BCUT2D eigenvalue weighted by Gasteiger charge is 2.21. The van der Waals surface area contributed by atoms with Gasteiger partial charge >= 0.3 is 0 Å². The third-order valence-corrected chi connectivity index (χ3v) is 6.50. The van der Waals surface area contributed by atoms with E-state index < -0.39 is 9.84 Å². The number of benzene rings is 1. The van der Waals surface area contributed by atoms with Gasteiger partial charge in [-0.15, -0.1) is 0 Å². The van der Waals surface area contributed by atoms with E-state index in [9.17, 15) is 8.42 Å². The summed E-state index contributed by atoms with van der Waals surface area (Å²) in [5.74, 6) is 0.596. The van der Waals surface area contributed by atoms with Crippen LogP contribution in [-0.2, 0) is 9.84 Å². The van der Waals surface area contributed by atoms with Crippen molar-refractivity contribution in [2.24, 2.45) is 0 Å². The zero-order valence-electron chi connectivity index (χ0n) is 14.4. The van der Waals surface area contributed by atoms with Crippen molar-refractivity contribution in [1.82, 2.24) is 9.88 Å². The van der Waals surface area contributed by atoms with E-state index in [1.165, 1.54) is 0 Å². The molecule has 136 valence electrons. The molecule has 2 aromatic rings. The van der Waals surface area contributed by atoms with Gasteiger partial charge in [-0.25, -0.2) is 8.42 Å². The summed E-state index contributed by atoms with van der Waals surface area (Å²) in [6, 6.07) is 8.06. The van der Waals surface area contributed by atoms with E-state index in [2.05, 4.69) is 22.1 Å². The molecule has 0 aliphatic carbocycles. The molecule has 0 bridgehead atoms. The Labute approximate surface area is 154 Å². The van der Waals surface area contributed by atoms with Crippen molar-refractivity contribution in [3.8, 4) is 0 Å². The van der Waals surface area contributed by atoms with Gasteiger partial charge in [0.15, 0.2) is 9.84 Å². The van der Waals surface area contributed by atoms with Crippen LogP contribution in [0.5, 0.6) is 0 Å². The van der Waals surface area contributed by atoms with Gasteiger partial charge in [0, 0.05) is 41.4 Å². The Morgan fingerprint density at radius 1 is 1.28 bits per heavy atom. The normalized spacial score (nSPS) is 19.0. The number of anilines is 1. The van der Waals surface area contributed by atoms with Gasteiger partial charge in [-0.3, -0.25) is 4.98 Å². The lowest BCUT2D eigenvalue weighted by atomic mass is 10.1. The molecule has 0 saturated carbocycles. The Balaban J connectivity index is 1.51. The Morgan fingerprint density at radius 2 is 2.04 bits per heavy atom. The van der Waals surface area contributed by atoms with Gasteiger partial charge in [0.05, 0.1) is 17.0 Å². The molecule has 25 heavy (non-hydrogen) atoms. The van der Waals surface area contributed by atoms with Crippen molar-refractivity contribution in [2.45, 2.75) is 25.8 Å². The van der Waals surface area contributed by atoms with E-state index in [-0.39, 0.29) is 0 Å². The average Bonchev–Trinajstić information content (AvgIpc) is 2.56. The maximum Gasteiger partial charge on any atom is 0.152 e. The highest BCUT2D eigenvalue weighted by Crippen LogP contribution is 2.25. The van der Waals surface area contributed by atoms with Gasteiger partial charge in [-0.2, -0.15) is 0 Å². The first-order valence-electron chi connectivity index (χ1n) is 8.66. The zero-order chi connectivity index (χ0) is 17.9. The summed E-state index contributed by atoms with van der Waals surface area (Å²) in [5.41, 5.74) is 1.96. The molecule has 1 unspecified atom stereocenters. The van der Waals surface area contributed by atoms with Crippen molar-refractivity contribution < 1.29 is 8.42 Å². The molecule has 1 aliphatic heterocycles. The van der Waals surface area contributed by atoms with Crippen LogP contribution in [0.25, 0.3) is 10.9 Å². The lowest BCUT2D eigenvalue weighted by Gasteiger charge is -2.27. The minimum atomic E-state index is -2.79. The Morgan fingerprint density at radius 3 is 2.80 bits per heavy atom. The predicted molar refractivity (Wildman–Crippen MR) is 104 cm³/mol. The maximum atomic E-state index is 11.5. The summed E-state index contributed by atoms with van der Waals surface area (Å²) in [5, 5.41) is 5.32. The van der Waals surface area contributed by atoms with Crippen LogP contribution in [0.4, 0.5) is 5.69 Å². The molecule has 1 saturated heterocycles. The molecule has 7 heteroatoms. The first-order valence-corrected chi connectivity index (χ1v) is 10.9. The minimum Gasteiger partial charge on any atom is -0.382 e. The fraction of sp³-hybridized carbons (Fsp3) is 0.500. The van der Waals surface area contributed by atoms with E-state index in [4.69, 9.17) is 11.6 Å². The summed E-state index contributed by atoms with van der Waals surface area (Å²) in [7, 11) is -2.79. The number of nitrogens with zero attached hydrogens (tertiary/aromatic N) is 2. The Kier molecular flexibility index (Phi) is 5.81. The average molecular weight is 382 g/mol. The van der Waals surface area contributed by atoms with Crippen LogP contribution in [-0.4, -0.2) is 55.5 Å². The summed E-state index contributed by atoms with van der Waals surface area (Å²) in [6.45, 7) is 4.46. The summed E-state index contributed by atoms with van der Waals surface area (Å²) < 4.78 is 22.9. The van der Waals surface area contributed by atoms with Gasteiger partial charge in [0.2, 0.25) is 0 Å². The topological polar surface area (TPSA) is 62.3 Å². The number of rotatable bonds is 6. The molecule has 1 aromatic carbocycles. The zero-order valence-corrected chi connectivity index (χ0v) is 16.0. The summed E-state index contributed by atoms with van der Waals surface area (Å²) in [6.07, 6.45) is 3.87. The first kappa shape index (κ1) is 18.4. The Bertz CT molecular complexity index is 827. The van der Waals surface area contributed by atoms with E-state index in [1.807, 2.05) is 24.3 Å². The van der Waals surface area contributed by atoms with Gasteiger partial charge in [0.1, 0.15) is 0 Å². The third kappa shape index (κ3) is 5.06. The third-order valence-electron chi connectivity index (χ3n) is 4.66. The summed E-state index contributed by atoms with van der Waals surface area (Å²) >= 11 is 6.03. The molecule has 0 amide bonds. The van der Waals surface area contributed by atoms with Gasteiger partial charge in [-0.05, 0) is 50.6 Å². The van der Waals surface area contributed by atoms with Crippen LogP contribution in [0.3, 0.4) is 0 Å². The Hall–Kier alpha value is -1.37. The van der Waals surface area contributed by atoms with E-state index >= 15 is 0 Å². The lowest BCUT2D eigenvalue weighted by Crippen LogP contribution is -2.40. The van der Waals surface area contributed by atoms with Crippen molar-refractivity contribution in [3.63, 3.8) is 0 Å². The molecule has 1 aromatic heterocycles. The quantitative estimate of drug-likeness (QED) is 0.832. The minimum absolute atomic E-state index is 0.298. The van der Waals surface area contributed by atoms with Crippen LogP contribution < -0.4 is 5.32 Å². The number of sulfone groups is 1. The second-order valence-electron chi connectivity index (χ2n) is 6.70. The smallest absolute Gasteiger partial charge is 0.152 e. The molecule has 0 spiro atoms. The van der Waals surface area contributed by atoms with Crippen LogP contribution in [0.1, 0.15) is 19.8 Å². The second kappa shape index (κ2) is 7.89. The predicted octanol–water partition coefficient (Wildman–Crippen LogP) is 3.20. The lowest BCUT2D eigenvalue weighted by molar-refractivity contribution is 0.287. The van der Waals surface area contributed by atoms with Crippen LogP contribution in [0.2, 0.25) is 5.02 Å². The maximum absolute atomic E-state index is 11.5. The highest BCUT2D eigenvalue weighted by molar-refractivity contribution is 7.91. The highest BCUT2D eigenvalue weighted by atomic mass is 35.5. The number of hydrogen-bond acceptors (Lipinski definition) is 5. The fourth-order valence-electron chi connectivity index (χ4n) is 3.18. The molecule has 1 N–H and O–H groups in total. The van der Waals surface area contributed by atoms with Crippen LogP contribution >= 0.6 is 11.6 Å². The molecule has 1 fully saturated rings. The number of fused-ring (bicyclic) bond motifs is 1. The van der Waals surface area contributed by atoms with Crippen LogP contribution in [0.15, 0.2) is 30.5 Å². The van der Waals surface area contributed by atoms with Gasteiger partial charge in [0.25, 0.3) is 0 Å². The van der Waals surface area contributed by atoms with E-state index in [0.29, 0.717) is 35.7 Å². The molecular formula is C18H24ClN3O2S. The monoisotopic (exact) mass is 381 g/mol. The van der Waals surface area contributed by atoms with Crippen molar-refractivity contribution in [2.75, 3.05) is 36.5 Å². The second-order valence-corrected chi connectivity index (χ2v) is 9.44. The van der Waals surface area contributed by atoms with Crippen LogP contribution in [0, 0.1) is 0 Å². The molecule has 2 heterocycles. The van der Waals surface area contributed by atoms with E-state index in [1.54, 1.807) is 6.20 Å². The van der Waals surface area contributed by atoms with E-state index in [0.717, 1.165) is 36.0 Å². The SMILES string of the molecule is CC(CCCN1CCS(=O)(=O)CC1)Nc1ccnc2cc(Cl)ccc12. The van der Waals surface area contributed by atoms with Gasteiger partial charge in [-0.1, -0.05) is 11.6 Å². The number of halogens is 1. The first-order chi connectivity index (χ1) is 11.9. The fourth-order valence-corrected chi connectivity index (χ4v) is 4.62. The van der Waals surface area contributed by atoms with Gasteiger partial charge < -0.3 is 10.2 Å². The number of pyridine rings is 1. The standard InChI is InChI=1S/C18H24ClN3O2S/c1-14(3-2-8-22-9-11-25(23,24)12-10-22)21-17-6-7-20-18-13-15(19)4-5-16(17)18/h4-7,13-14H,2-3,8-12H2,1H3,(H,20,21). The molecule has 5 nitrogen and oxygen atoms in total. The van der Waals surface area contributed by atoms with Crippen molar-refractivity contribution >= 4 is 38.0 Å². The number of hydrogen-bond donors (Lipinski definition) is 1. The molecule has 1 aliphatic rings. The molecule has 3 rings (SSSR count). The molecule has 1 atom stereocenters.